The van der Waals surface area contributed by atoms with E-state index < -0.39 is 0 Å². The second-order valence-electron chi connectivity index (χ2n) is 7.34. The Hall–Kier alpha value is -1.02. The molecule has 1 saturated heterocycles. The van der Waals surface area contributed by atoms with E-state index in [9.17, 15) is 0 Å². The molecule has 2 heteroatoms. The van der Waals surface area contributed by atoms with Crippen molar-refractivity contribution < 1.29 is 4.74 Å². The van der Waals surface area contributed by atoms with E-state index >= 15 is 0 Å². The van der Waals surface area contributed by atoms with Gasteiger partial charge in [0.2, 0.25) is 0 Å². The SMILES string of the molecule is CN1CCC2(CC1)Cc1ccc(C(C)(C)C)cc1O2. The predicted octanol–water partition coefficient (Wildman–Crippen LogP) is 3.38. The Kier molecular flexibility index (Phi) is 2.90. The molecule has 2 heterocycles. The minimum absolute atomic E-state index is 0.0886. The first-order chi connectivity index (χ1) is 8.88. The zero-order valence-corrected chi connectivity index (χ0v) is 12.6. The van der Waals surface area contributed by atoms with Crippen molar-refractivity contribution in [1.82, 2.24) is 4.90 Å². The summed E-state index contributed by atoms with van der Waals surface area (Å²) in [6, 6.07) is 6.82. The topological polar surface area (TPSA) is 12.5 Å². The van der Waals surface area contributed by atoms with Crippen molar-refractivity contribution >= 4 is 0 Å². The molecule has 0 radical (unpaired) electrons. The van der Waals surface area contributed by atoms with Crippen molar-refractivity contribution in [3.8, 4) is 5.75 Å². The maximum Gasteiger partial charge on any atom is 0.123 e. The second kappa shape index (κ2) is 4.24. The number of hydrogen-bond donors (Lipinski definition) is 0. The highest BCUT2D eigenvalue weighted by molar-refractivity contribution is 5.44. The molecule has 0 saturated carbocycles. The number of nitrogens with zero attached hydrogens (tertiary/aromatic N) is 1. The number of fused-ring (bicyclic) bond motifs is 1. The third-order valence-electron chi connectivity index (χ3n) is 4.67. The number of likely N-dealkylation sites (tertiary alicyclic amines) is 1. The monoisotopic (exact) mass is 259 g/mol. The maximum absolute atomic E-state index is 6.39. The Morgan fingerprint density at radius 2 is 1.84 bits per heavy atom. The molecule has 19 heavy (non-hydrogen) atoms. The van der Waals surface area contributed by atoms with Crippen LogP contribution in [0.1, 0.15) is 44.7 Å². The van der Waals surface area contributed by atoms with E-state index in [1.165, 1.54) is 11.1 Å². The quantitative estimate of drug-likeness (QED) is 0.708. The van der Waals surface area contributed by atoms with Crippen molar-refractivity contribution in [1.29, 1.82) is 0 Å². The molecule has 3 rings (SSSR count). The number of rotatable bonds is 0. The molecule has 0 amide bonds. The van der Waals surface area contributed by atoms with Gasteiger partial charge in [-0.1, -0.05) is 32.9 Å². The van der Waals surface area contributed by atoms with Crippen LogP contribution in [0.15, 0.2) is 18.2 Å². The molecule has 1 aromatic rings. The zero-order chi connectivity index (χ0) is 13.7. The van der Waals surface area contributed by atoms with E-state index in [4.69, 9.17) is 4.74 Å². The molecule has 2 aliphatic rings. The summed E-state index contributed by atoms with van der Waals surface area (Å²) in [5.41, 5.74) is 3.06. The number of benzene rings is 1. The lowest BCUT2D eigenvalue weighted by molar-refractivity contribution is 0.0270. The molecule has 2 aliphatic heterocycles. The molecular weight excluding hydrogens is 234 g/mol. The molecule has 1 spiro atoms. The molecule has 1 aromatic carbocycles. The van der Waals surface area contributed by atoms with Crippen LogP contribution < -0.4 is 4.74 Å². The Labute approximate surface area is 116 Å². The van der Waals surface area contributed by atoms with E-state index in [2.05, 4.69) is 50.9 Å². The summed E-state index contributed by atoms with van der Waals surface area (Å²) >= 11 is 0. The van der Waals surface area contributed by atoms with Crippen LogP contribution in [0.4, 0.5) is 0 Å². The van der Waals surface area contributed by atoms with Gasteiger partial charge < -0.3 is 9.64 Å². The average molecular weight is 259 g/mol. The standard InChI is InChI=1S/C17H25NO/c1-16(2,3)14-6-5-13-12-17(19-15(13)11-14)7-9-18(4)10-8-17/h5-6,11H,7-10,12H2,1-4H3. The van der Waals surface area contributed by atoms with Gasteiger partial charge in [-0.05, 0) is 29.7 Å². The fourth-order valence-corrected chi connectivity index (χ4v) is 3.18. The van der Waals surface area contributed by atoms with Crippen LogP contribution in [0.2, 0.25) is 0 Å². The lowest BCUT2D eigenvalue weighted by Gasteiger charge is -2.37. The molecule has 0 N–H and O–H groups in total. The zero-order valence-electron chi connectivity index (χ0n) is 12.6. The molecule has 104 valence electrons. The van der Waals surface area contributed by atoms with Crippen LogP contribution in [0.3, 0.4) is 0 Å². The highest BCUT2D eigenvalue weighted by Crippen LogP contribution is 2.42. The first kappa shape index (κ1) is 13.0. The first-order valence-electron chi connectivity index (χ1n) is 7.39. The fraction of sp³-hybridized carbons (Fsp3) is 0.647. The van der Waals surface area contributed by atoms with Crippen LogP contribution in [-0.4, -0.2) is 30.6 Å². The predicted molar refractivity (Wildman–Crippen MR) is 78.9 cm³/mol. The highest BCUT2D eigenvalue weighted by Gasteiger charge is 2.41. The minimum Gasteiger partial charge on any atom is -0.487 e. The van der Waals surface area contributed by atoms with E-state index in [-0.39, 0.29) is 11.0 Å². The molecule has 0 atom stereocenters. The van der Waals surface area contributed by atoms with Gasteiger partial charge >= 0.3 is 0 Å². The van der Waals surface area contributed by atoms with Crippen LogP contribution in [-0.2, 0) is 11.8 Å². The van der Waals surface area contributed by atoms with Crippen molar-refractivity contribution in [2.75, 3.05) is 20.1 Å². The van der Waals surface area contributed by atoms with Gasteiger partial charge in [0.05, 0.1) is 0 Å². The smallest absolute Gasteiger partial charge is 0.123 e. The molecule has 0 aliphatic carbocycles. The summed E-state index contributed by atoms with van der Waals surface area (Å²) < 4.78 is 6.39. The average Bonchev–Trinajstić information content (AvgIpc) is 2.69. The van der Waals surface area contributed by atoms with Crippen LogP contribution in [0, 0.1) is 0 Å². The summed E-state index contributed by atoms with van der Waals surface area (Å²) in [4.78, 5) is 2.40. The highest BCUT2D eigenvalue weighted by atomic mass is 16.5. The largest absolute Gasteiger partial charge is 0.487 e. The summed E-state index contributed by atoms with van der Waals surface area (Å²) in [5.74, 6) is 1.14. The molecular formula is C17H25NO. The van der Waals surface area contributed by atoms with Gasteiger partial charge in [0.15, 0.2) is 0 Å². The molecule has 2 nitrogen and oxygen atoms in total. The van der Waals surface area contributed by atoms with Gasteiger partial charge in [-0.15, -0.1) is 0 Å². The molecule has 0 aromatic heterocycles. The Morgan fingerprint density at radius 1 is 1.16 bits per heavy atom. The van der Waals surface area contributed by atoms with Crippen LogP contribution in [0.5, 0.6) is 5.75 Å². The van der Waals surface area contributed by atoms with Crippen molar-refractivity contribution in [3.63, 3.8) is 0 Å². The summed E-state index contributed by atoms with van der Waals surface area (Å²) in [6.07, 6.45) is 3.41. The maximum atomic E-state index is 6.39. The lowest BCUT2D eigenvalue weighted by Crippen LogP contribution is -2.45. The van der Waals surface area contributed by atoms with Gasteiger partial charge in [0.25, 0.3) is 0 Å². The van der Waals surface area contributed by atoms with E-state index in [0.717, 1.165) is 38.1 Å². The number of ether oxygens (including phenoxy) is 1. The van der Waals surface area contributed by atoms with Gasteiger partial charge in [0, 0.05) is 32.4 Å². The molecule has 0 unspecified atom stereocenters. The van der Waals surface area contributed by atoms with Crippen LogP contribution in [0.25, 0.3) is 0 Å². The fourth-order valence-electron chi connectivity index (χ4n) is 3.18. The summed E-state index contributed by atoms with van der Waals surface area (Å²) in [6.45, 7) is 9.08. The summed E-state index contributed by atoms with van der Waals surface area (Å²) in [7, 11) is 2.20. The second-order valence-corrected chi connectivity index (χ2v) is 7.34. The Balaban J connectivity index is 1.84. The van der Waals surface area contributed by atoms with Gasteiger partial charge in [0.1, 0.15) is 11.4 Å². The van der Waals surface area contributed by atoms with Gasteiger partial charge in [-0.25, -0.2) is 0 Å². The van der Waals surface area contributed by atoms with E-state index in [1.54, 1.807) is 0 Å². The van der Waals surface area contributed by atoms with E-state index in [0.29, 0.717) is 0 Å². The normalized spacial score (nSPS) is 22.3. The third kappa shape index (κ3) is 2.38. The molecule has 1 fully saturated rings. The van der Waals surface area contributed by atoms with Gasteiger partial charge in [-0.3, -0.25) is 0 Å². The van der Waals surface area contributed by atoms with Crippen molar-refractivity contribution in [2.24, 2.45) is 0 Å². The lowest BCUT2D eigenvalue weighted by atomic mass is 9.85. The Morgan fingerprint density at radius 3 is 2.47 bits per heavy atom. The summed E-state index contributed by atoms with van der Waals surface area (Å²) in [5, 5.41) is 0. The number of hydrogen-bond acceptors (Lipinski definition) is 2. The van der Waals surface area contributed by atoms with Crippen LogP contribution >= 0.6 is 0 Å². The first-order valence-corrected chi connectivity index (χ1v) is 7.39. The number of piperidine rings is 1. The van der Waals surface area contributed by atoms with Gasteiger partial charge in [-0.2, -0.15) is 0 Å². The third-order valence-corrected chi connectivity index (χ3v) is 4.67. The van der Waals surface area contributed by atoms with Crippen molar-refractivity contribution in [2.45, 2.75) is 51.0 Å². The van der Waals surface area contributed by atoms with E-state index in [1.807, 2.05) is 0 Å². The Bertz CT molecular complexity index is 479. The van der Waals surface area contributed by atoms with Crippen molar-refractivity contribution in [3.05, 3.63) is 29.3 Å². The minimum atomic E-state index is 0.0886. The molecule has 0 bridgehead atoms.